The summed E-state index contributed by atoms with van der Waals surface area (Å²) in [7, 11) is 0. The first kappa shape index (κ1) is 14.5. The third-order valence-electron chi connectivity index (χ3n) is 4.66. The van der Waals surface area contributed by atoms with Crippen LogP contribution in [-0.2, 0) is 16.0 Å². The van der Waals surface area contributed by atoms with Gasteiger partial charge in [0, 0.05) is 11.2 Å². The molecular formula is C17H24N2O2. The van der Waals surface area contributed by atoms with Crippen LogP contribution in [0, 0.1) is 0 Å². The van der Waals surface area contributed by atoms with Gasteiger partial charge >= 0.3 is 0 Å². The number of anilines is 1. The van der Waals surface area contributed by atoms with Gasteiger partial charge in [-0.15, -0.1) is 0 Å². The lowest BCUT2D eigenvalue weighted by Crippen LogP contribution is -2.48. The highest BCUT2D eigenvalue weighted by Crippen LogP contribution is 2.28. The third kappa shape index (κ3) is 3.44. The van der Waals surface area contributed by atoms with E-state index in [-0.39, 0.29) is 17.6 Å². The summed E-state index contributed by atoms with van der Waals surface area (Å²) in [5.74, 6) is -0.0423. The molecule has 114 valence electrons. The molecule has 4 nitrogen and oxygen atoms in total. The summed E-state index contributed by atoms with van der Waals surface area (Å²) in [4.78, 5) is 12.3. The van der Waals surface area contributed by atoms with Gasteiger partial charge in [0.15, 0.2) is 0 Å². The van der Waals surface area contributed by atoms with E-state index in [1.165, 1.54) is 24.8 Å². The van der Waals surface area contributed by atoms with Crippen molar-refractivity contribution >= 4 is 11.6 Å². The van der Waals surface area contributed by atoms with Crippen LogP contribution in [0.3, 0.4) is 0 Å². The Balaban J connectivity index is 1.61. The molecule has 21 heavy (non-hydrogen) atoms. The number of carbonyl (C=O) groups excluding carboxylic acids is 1. The van der Waals surface area contributed by atoms with E-state index in [4.69, 9.17) is 10.5 Å². The van der Waals surface area contributed by atoms with Gasteiger partial charge in [0.25, 0.3) is 5.91 Å². The molecule has 1 aliphatic heterocycles. The highest BCUT2D eigenvalue weighted by Gasteiger charge is 2.31. The topological polar surface area (TPSA) is 64.3 Å². The lowest BCUT2D eigenvalue weighted by atomic mass is 9.83. The van der Waals surface area contributed by atoms with Crippen LogP contribution in [0.4, 0.5) is 5.69 Å². The molecule has 1 unspecified atom stereocenters. The third-order valence-corrected chi connectivity index (χ3v) is 4.66. The molecule has 0 spiro atoms. The maximum Gasteiger partial charge on any atom is 0.253 e. The molecule has 0 saturated heterocycles. The largest absolute Gasteiger partial charge is 0.366 e. The second kappa shape index (κ2) is 6.16. The van der Waals surface area contributed by atoms with Crippen LogP contribution in [0.25, 0.3) is 0 Å². The molecule has 3 rings (SSSR count). The van der Waals surface area contributed by atoms with E-state index in [9.17, 15) is 4.79 Å². The summed E-state index contributed by atoms with van der Waals surface area (Å²) in [5.41, 5.74) is 8.24. The first-order chi connectivity index (χ1) is 10.2. The molecule has 1 atom stereocenters. The van der Waals surface area contributed by atoms with Crippen molar-refractivity contribution in [2.24, 2.45) is 5.73 Å². The van der Waals surface area contributed by atoms with Crippen LogP contribution in [0.1, 0.15) is 44.1 Å². The van der Waals surface area contributed by atoms with Crippen molar-refractivity contribution in [1.82, 2.24) is 0 Å². The van der Waals surface area contributed by atoms with Crippen LogP contribution < -0.4 is 11.1 Å². The maximum atomic E-state index is 12.3. The molecule has 1 heterocycles. The van der Waals surface area contributed by atoms with Crippen molar-refractivity contribution < 1.29 is 9.53 Å². The Morgan fingerprint density at radius 3 is 2.81 bits per heavy atom. The molecule has 3 N–H and O–H groups in total. The van der Waals surface area contributed by atoms with Crippen LogP contribution in [0.2, 0.25) is 0 Å². The number of carbonyl (C=O) groups is 1. The number of hydrogen-bond donors (Lipinski definition) is 2. The Morgan fingerprint density at radius 2 is 2.00 bits per heavy atom. The average Bonchev–Trinajstić information content (AvgIpc) is 2.64. The van der Waals surface area contributed by atoms with E-state index in [1.54, 1.807) is 0 Å². The summed E-state index contributed by atoms with van der Waals surface area (Å²) in [6.45, 7) is 0.488. The van der Waals surface area contributed by atoms with Crippen LogP contribution >= 0.6 is 0 Å². The van der Waals surface area contributed by atoms with Crippen LogP contribution in [0.15, 0.2) is 24.3 Å². The number of amides is 1. The normalized spacial score (nSPS) is 24.8. The minimum Gasteiger partial charge on any atom is -0.366 e. The Hall–Kier alpha value is -1.39. The number of aryl methyl sites for hydroxylation is 1. The van der Waals surface area contributed by atoms with Gasteiger partial charge in [-0.05, 0) is 37.3 Å². The number of nitrogens with two attached hydrogens (primary N) is 1. The van der Waals surface area contributed by atoms with Crippen molar-refractivity contribution in [3.8, 4) is 0 Å². The van der Waals surface area contributed by atoms with Crippen molar-refractivity contribution in [1.29, 1.82) is 0 Å². The number of fused-ring (bicyclic) bond motifs is 1. The van der Waals surface area contributed by atoms with E-state index in [2.05, 4.69) is 11.4 Å². The highest BCUT2D eigenvalue weighted by molar-refractivity contribution is 5.95. The lowest BCUT2D eigenvalue weighted by molar-refractivity contribution is -0.129. The number of nitrogens with one attached hydrogen (secondary N) is 1. The summed E-state index contributed by atoms with van der Waals surface area (Å²) in [5, 5.41) is 2.97. The molecule has 4 heteroatoms. The Kier molecular flexibility index (Phi) is 4.27. The van der Waals surface area contributed by atoms with Crippen molar-refractivity contribution in [2.45, 2.75) is 56.6 Å². The van der Waals surface area contributed by atoms with Crippen molar-refractivity contribution in [2.75, 3.05) is 11.9 Å². The standard InChI is InChI=1S/C17H24N2O2/c18-17(10-4-1-5-11-17)12-21-15-9-8-13-6-2-3-7-14(13)19-16(15)20/h2-3,6-7,15H,1,4-5,8-12,18H2,(H,19,20). The van der Waals surface area contributed by atoms with Gasteiger partial charge in [0.05, 0.1) is 6.61 Å². The van der Waals surface area contributed by atoms with E-state index < -0.39 is 0 Å². The number of para-hydroxylation sites is 1. The molecule has 1 amide bonds. The molecule has 1 aromatic rings. The Morgan fingerprint density at radius 1 is 1.24 bits per heavy atom. The van der Waals surface area contributed by atoms with Gasteiger partial charge < -0.3 is 15.8 Å². The number of ether oxygens (including phenoxy) is 1. The lowest BCUT2D eigenvalue weighted by Gasteiger charge is -2.34. The molecule has 1 fully saturated rings. The van der Waals surface area contributed by atoms with Gasteiger partial charge in [-0.2, -0.15) is 0 Å². The molecule has 0 bridgehead atoms. The molecule has 0 radical (unpaired) electrons. The predicted octanol–water partition coefficient (Wildman–Crippen LogP) is 2.62. The fraction of sp³-hybridized carbons (Fsp3) is 0.588. The minimum atomic E-state index is -0.389. The second-order valence-corrected chi connectivity index (χ2v) is 6.41. The van der Waals surface area contributed by atoms with E-state index in [0.29, 0.717) is 6.61 Å². The van der Waals surface area contributed by atoms with Crippen LogP contribution in [-0.4, -0.2) is 24.2 Å². The van der Waals surface area contributed by atoms with Crippen molar-refractivity contribution in [3.05, 3.63) is 29.8 Å². The zero-order valence-corrected chi connectivity index (χ0v) is 12.4. The first-order valence-electron chi connectivity index (χ1n) is 7.96. The number of rotatable bonds is 3. The molecule has 0 aromatic heterocycles. The van der Waals surface area contributed by atoms with Gasteiger partial charge in [-0.3, -0.25) is 4.79 Å². The quantitative estimate of drug-likeness (QED) is 0.898. The van der Waals surface area contributed by atoms with Gasteiger partial charge in [-0.25, -0.2) is 0 Å². The fourth-order valence-corrected chi connectivity index (χ4v) is 3.32. The average molecular weight is 288 g/mol. The number of hydrogen-bond acceptors (Lipinski definition) is 3. The van der Waals surface area contributed by atoms with E-state index in [1.807, 2.05) is 18.2 Å². The summed E-state index contributed by atoms with van der Waals surface area (Å²) in [6.07, 6.45) is 6.79. The van der Waals surface area contributed by atoms with E-state index >= 15 is 0 Å². The predicted molar refractivity (Wildman–Crippen MR) is 83.1 cm³/mol. The first-order valence-corrected chi connectivity index (χ1v) is 7.96. The minimum absolute atomic E-state index is 0.0423. The Bertz CT molecular complexity index is 509. The van der Waals surface area contributed by atoms with Gasteiger partial charge in [0.2, 0.25) is 0 Å². The highest BCUT2D eigenvalue weighted by atomic mass is 16.5. The molecule has 1 aliphatic carbocycles. The van der Waals surface area contributed by atoms with Crippen molar-refractivity contribution in [3.63, 3.8) is 0 Å². The SMILES string of the molecule is NC1(COC2CCc3ccccc3NC2=O)CCCCC1. The Labute approximate surface area is 126 Å². The van der Waals surface area contributed by atoms with Gasteiger partial charge in [-0.1, -0.05) is 37.5 Å². The van der Waals surface area contributed by atoms with E-state index in [0.717, 1.165) is 31.4 Å². The molecule has 1 saturated carbocycles. The monoisotopic (exact) mass is 288 g/mol. The number of benzene rings is 1. The summed E-state index contributed by atoms with van der Waals surface area (Å²) < 4.78 is 5.91. The smallest absolute Gasteiger partial charge is 0.253 e. The zero-order valence-electron chi connectivity index (χ0n) is 12.4. The van der Waals surface area contributed by atoms with Gasteiger partial charge in [0.1, 0.15) is 6.10 Å². The second-order valence-electron chi connectivity index (χ2n) is 6.41. The maximum absolute atomic E-state index is 12.3. The van der Waals surface area contributed by atoms with Crippen LogP contribution in [0.5, 0.6) is 0 Å². The molecule has 1 aromatic carbocycles. The molecule has 2 aliphatic rings. The summed E-state index contributed by atoms with van der Waals surface area (Å²) >= 11 is 0. The fourth-order valence-electron chi connectivity index (χ4n) is 3.32. The summed E-state index contributed by atoms with van der Waals surface area (Å²) in [6, 6.07) is 7.95. The zero-order chi connectivity index (χ0) is 14.7. The molecular weight excluding hydrogens is 264 g/mol.